The smallest absolute Gasteiger partial charge is 0.168 e. The minimum Gasteiger partial charge on any atom is -0.396 e. The first-order valence-electron chi connectivity index (χ1n) is 17.1. The van der Waals surface area contributed by atoms with Crippen LogP contribution in [0.1, 0.15) is 96.3 Å². The van der Waals surface area contributed by atoms with Gasteiger partial charge in [-0.05, 0) is 38.5 Å². The van der Waals surface area contributed by atoms with Crippen LogP contribution >= 0.6 is 0 Å². The number of ether oxygens (including phenoxy) is 8. The Kier molecular flexibility index (Phi) is 10.4. The van der Waals surface area contributed by atoms with Gasteiger partial charge in [0.2, 0.25) is 0 Å². The van der Waals surface area contributed by atoms with Gasteiger partial charge in [0.05, 0.1) is 95.5 Å². The third-order valence-electron chi connectivity index (χ3n) is 11.0. The van der Waals surface area contributed by atoms with Gasteiger partial charge in [0.25, 0.3) is 0 Å². The van der Waals surface area contributed by atoms with Crippen molar-refractivity contribution in [1.29, 1.82) is 0 Å². The van der Waals surface area contributed by atoms with Gasteiger partial charge in [0.15, 0.2) is 17.4 Å². The molecular weight excluding hydrogens is 556 g/mol. The molecule has 10 nitrogen and oxygen atoms in total. The van der Waals surface area contributed by atoms with Crippen LogP contribution in [0.4, 0.5) is 0 Å². The molecule has 6 fully saturated rings. The van der Waals surface area contributed by atoms with Gasteiger partial charge < -0.3 is 48.1 Å². The van der Waals surface area contributed by atoms with Gasteiger partial charge in [-0.1, -0.05) is 19.3 Å². The maximum atomic E-state index is 10.4. The molecule has 2 N–H and O–H groups in total. The first-order chi connectivity index (χ1) is 20.9. The summed E-state index contributed by atoms with van der Waals surface area (Å²) in [5, 5.41) is 20.7. The summed E-state index contributed by atoms with van der Waals surface area (Å²) in [6.07, 6.45) is 15.8. The first kappa shape index (κ1) is 32.5. The van der Waals surface area contributed by atoms with Gasteiger partial charge in [0.1, 0.15) is 0 Å². The van der Waals surface area contributed by atoms with Crippen LogP contribution in [-0.4, -0.2) is 107 Å². The molecule has 43 heavy (non-hydrogen) atoms. The average Bonchev–Trinajstić information content (AvgIpc) is 3.06. The molecule has 0 unspecified atom stereocenters. The Labute approximate surface area is 257 Å². The highest BCUT2D eigenvalue weighted by molar-refractivity contribution is 4.92. The largest absolute Gasteiger partial charge is 0.396 e. The summed E-state index contributed by atoms with van der Waals surface area (Å²) in [6, 6.07) is 0. The Balaban J connectivity index is 1.05. The van der Waals surface area contributed by atoms with E-state index in [0.717, 1.165) is 77.0 Å². The standard InChI is InChI=1S/C33H56O10/c34-16-28(22-38-31(39-23-28)10-4-1-5-11-31)18-36-20-30(26-42-33(43-27-30)14-8-3-9-15-33)21-37-19-29(17-35)24-40-32(41-25-29)12-6-2-7-13-32/h34-35H,1-27H2. The summed E-state index contributed by atoms with van der Waals surface area (Å²) in [4.78, 5) is 0. The number of aliphatic hydroxyl groups excluding tert-OH is 2. The third-order valence-corrected chi connectivity index (χ3v) is 11.0. The number of hydrogen-bond acceptors (Lipinski definition) is 10. The van der Waals surface area contributed by atoms with Crippen molar-refractivity contribution in [1.82, 2.24) is 0 Å². The Morgan fingerprint density at radius 3 is 0.907 bits per heavy atom. The lowest BCUT2D eigenvalue weighted by Crippen LogP contribution is -2.57. The molecular formula is C33H56O10. The quantitative estimate of drug-likeness (QED) is 0.374. The highest BCUT2D eigenvalue weighted by Crippen LogP contribution is 2.43. The van der Waals surface area contributed by atoms with E-state index < -0.39 is 33.6 Å². The van der Waals surface area contributed by atoms with Crippen LogP contribution in [-0.2, 0) is 37.9 Å². The van der Waals surface area contributed by atoms with Crippen LogP contribution in [0.2, 0.25) is 0 Å². The Morgan fingerprint density at radius 1 is 0.372 bits per heavy atom. The van der Waals surface area contributed by atoms with Crippen LogP contribution in [0.25, 0.3) is 0 Å². The maximum absolute atomic E-state index is 10.4. The van der Waals surface area contributed by atoms with Gasteiger partial charge in [-0.15, -0.1) is 0 Å². The molecule has 3 saturated heterocycles. The predicted octanol–water partition coefficient (Wildman–Crippen LogP) is 4.09. The molecule has 3 spiro atoms. The van der Waals surface area contributed by atoms with Crippen LogP contribution < -0.4 is 0 Å². The molecule has 0 radical (unpaired) electrons. The monoisotopic (exact) mass is 612 g/mol. The summed E-state index contributed by atoms with van der Waals surface area (Å²) in [5.74, 6) is -1.48. The lowest BCUT2D eigenvalue weighted by atomic mass is 9.86. The topological polar surface area (TPSA) is 114 Å². The molecule has 3 heterocycles. The average molecular weight is 613 g/mol. The minimum absolute atomic E-state index is 0.0663. The molecule has 0 aromatic rings. The van der Waals surface area contributed by atoms with Crippen molar-refractivity contribution in [2.75, 3.05) is 79.3 Å². The van der Waals surface area contributed by atoms with Crippen LogP contribution in [0.5, 0.6) is 0 Å². The highest BCUT2D eigenvalue weighted by Gasteiger charge is 2.50. The van der Waals surface area contributed by atoms with Crippen molar-refractivity contribution in [2.45, 2.75) is 114 Å². The number of aliphatic hydroxyl groups is 2. The summed E-state index contributed by atoms with van der Waals surface area (Å²) in [5.41, 5.74) is -1.71. The SMILES string of the molecule is OCC1(COCC2(COCC3(CO)COC4(CCCCC4)OC3)COC3(CCCCC3)OC2)COC2(CCCCC2)OC1. The molecule has 0 aromatic heterocycles. The second kappa shape index (κ2) is 13.8. The van der Waals surface area contributed by atoms with Crippen molar-refractivity contribution in [3.05, 3.63) is 0 Å². The van der Waals surface area contributed by atoms with E-state index in [9.17, 15) is 10.2 Å². The van der Waals surface area contributed by atoms with E-state index in [1.54, 1.807) is 0 Å². The maximum Gasteiger partial charge on any atom is 0.168 e. The summed E-state index contributed by atoms with van der Waals surface area (Å²) < 4.78 is 50.8. The van der Waals surface area contributed by atoms with Crippen LogP contribution in [0.15, 0.2) is 0 Å². The second-order valence-electron chi connectivity index (χ2n) is 14.9. The zero-order chi connectivity index (χ0) is 29.7. The summed E-state index contributed by atoms with van der Waals surface area (Å²) in [6.45, 7) is 3.84. The number of rotatable bonds is 10. The molecule has 248 valence electrons. The molecule has 3 aliphatic carbocycles. The lowest BCUT2D eigenvalue weighted by Gasteiger charge is -2.49. The van der Waals surface area contributed by atoms with E-state index in [4.69, 9.17) is 37.9 Å². The Bertz CT molecular complexity index is 793. The lowest BCUT2D eigenvalue weighted by molar-refractivity contribution is -0.338. The van der Waals surface area contributed by atoms with E-state index in [0.29, 0.717) is 66.1 Å². The van der Waals surface area contributed by atoms with Gasteiger partial charge in [-0.2, -0.15) is 0 Å². The third kappa shape index (κ3) is 7.45. The van der Waals surface area contributed by atoms with Crippen LogP contribution in [0.3, 0.4) is 0 Å². The zero-order valence-corrected chi connectivity index (χ0v) is 26.3. The Hall–Kier alpha value is -0.400. The predicted molar refractivity (Wildman–Crippen MR) is 156 cm³/mol. The molecule has 3 saturated carbocycles. The van der Waals surface area contributed by atoms with Gasteiger partial charge in [0, 0.05) is 38.5 Å². The van der Waals surface area contributed by atoms with Crippen molar-refractivity contribution in [2.24, 2.45) is 16.2 Å². The van der Waals surface area contributed by atoms with E-state index in [-0.39, 0.29) is 13.2 Å². The van der Waals surface area contributed by atoms with Crippen LogP contribution in [0, 0.1) is 16.2 Å². The highest BCUT2D eigenvalue weighted by atomic mass is 16.7. The summed E-state index contributed by atoms with van der Waals surface area (Å²) in [7, 11) is 0. The van der Waals surface area contributed by atoms with Crippen molar-refractivity contribution in [3.63, 3.8) is 0 Å². The van der Waals surface area contributed by atoms with Gasteiger partial charge in [-0.25, -0.2) is 0 Å². The molecule has 0 aromatic carbocycles. The van der Waals surface area contributed by atoms with E-state index in [1.165, 1.54) is 19.3 Å². The van der Waals surface area contributed by atoms with Gasteiger partial charge >= 0.3 is 0 Å². The fourth-order valence-corrected chi connectivity index (χ4v) is 7.71. The molecule has 0 bridgehead atoms. The molecule has 0 amide bonds. The zero-order valence-electron chi connectivity index (χ0n) is 26.3. The fraction of sp³-hybridized carbons (Fsp3) is 1.00. The fourth-order valence-electron chi connectivity index (χ4n) is 7.71. The minimum atomic E-state index is -0.599. The van der Waals surface area contributed by atoms with E-state index in [2.05, 4.69) is 0 Å². The second-order valence-corrected chi connectivity index (χ2v) is 14.9. The molecule has 6 rings (SSSR count). The van der Waals surface area contributed by atoms with E-state index in [1.807, 2.05) is 0 Å². The van der Waals surface area contributed by atoms with Gasteiger partial charge in [-0.3, -0.25) is 0 Å². The van der Waals surface area contributed by atoms with Crippen molar-refractivity contribution < 1.29 is 48.1 Å². The molecule has 10 heteroatoms. The molecule has 0 atom stereocenters. The van der Waals surface area contributed by atoms with Crippen molar-refractivity contribution >= 4 is 0 Å². The molecule has 6 aliphatic rings. The normalized spacial score (nSPS) is 35.3. The molecule has 3 aliphatic heterocycles. The van der Waals surface area contributed by atoms with Crippen molar-refractivity contribution in [3.8, 4) is 0 Å². The van der Waals surface area contributed by atoms with E-state index >= 15 is 0 Å². The summed E-state index contributed by atoms with van der Waals surface area (Å²) >= 11 is 0. The Morgan fingerprint density at radius 2 is 0.628 bits per heavy atom. The number of hydrogen-bond donors (Lipinski definition) is 2. The first-order valence-corrected chi connectivity index (χ1v) is 17.1.